The summed E-state index contributed by atoms with van der Waals surface area (Å²) in [4.78, 5) is 4.45. The lowest BCUT2D eigenvalue weighted by Gasteiger charge is -2.16. The van der Waals surface area contributed by atoms with E-state index in [2.05, 4.69) is 46.9 Å². The predicted octanol–water partition coefficient (Wildman–Crippen LogP) is 3.79. The molecule has 0 saturated heterocycles. The van der Waals surface area contributed by atoms with Crippen molar-refractivity contribution in [3.63, 3.8) is 0 Å². The van der Waals surface area contributed by atoms with E-state index in [-0.39, 0.29) is 0 Å². The van der Waals surface area contributed by atoms with Crippen LogP contribution < -0.4 is 5.32 Å². The summed E-state index contributed by atoms with van der Waals surface area (Å²) in [6, 6.07) is 6.49. The zero-order chi connectivity index (χ0) is 15.1. The monoisotopic (exact) mass is 287 g/mol. The molecular formula is C17H25N3O. The number of hydrogen-bond acceptors (Lipinski definition) is 3. The molecule has 0 fully saturated rings. The Morgan fingerprint density at radius 1 is 1.19 bits per heavy atom. The molecule has 1 heterocycles. The second-order valence-electron chi connectivity index (χ2n) is 5.07. The van der Waals surface area contributed by atoms with Gasteiger partial charge in [0, 0.05) is 38.3 Å². The minimum Gasteiger partial charge on any atom is -0.385 e. The molecule has 0 saturated carbocycles. The molecule has 4 heteroatoms. The van der Waals surface area contributed by atoms with Crippen LogP contribution in [-0.4, -0.2) is 23.3 Å². The van der Waals surface area contributed by atoms with Crippen LogP contribution in [0.5, 0.6) is 0 Å². The molecule has 0 aliphatic carbocycles. The van der Waals surface area contributed by atoms with Crippen molar-refractivity contribution in [2.75, 3.05) is 19.0 Å². The molecule has 2 aromatic rings. The maximum Gasteiger partial charge on any atom is 0.207 e. The van der Waals surface area contributed by atoms with Gasteiger partial charge >= 0.3 is 0 Å². The van der Waals surface area contributed by atoms with Gasteiger partial charge in [0.25, 0.3) is 0 Å². The highest BCUT2D eigenvalue weighted by atomic mass is 16.5. The van der Waals surface area contributed by atoms with E-state index >= 15 is 0 Å². The zero-order valence-electron chi connectivity index (χ0n) is 13.2. The molecule has 114 valence electrons. The molecule has 0 bridgehead atoms. The SMILES string of the molecule is CCc1cccc(CC)c1Nc1nccn1CCCOC. The number of nitrogens with zero attached hydrogens (tertiary/aromatic N) is 2. The van der Waals surface area contributed by atoms with Crippen LogP contribution in [0.2, 0.25) is 0 Å². The Bertz CT molecular complexity index is 541. The van der Waals surface area contributed by atoms with E-state index < -0.39 is 0 Å². The quantitative estimate of drug-likeness (QED) is 0.751. The van der Waals surface area contributed by atoms with Crippen molar-refractivity contribution in [3.05, 3.63) is 41.7 Å². The summed E-state index contributed by atoms with van der Waals surface area (Å²) in [6.07, 6.45) is 6.87. The Morgan fingerprint density at radius 2 is 1.90 bits per heavy atom. The van der Waals surface area contributed by atoms with Crippen molar-refractivity contribution in [1.82, 2.24) is 9.55 Å². The molecule has 0 aliphatic heterocycles. The fourth-order valence-electron chi connectivity index (χ4n) is 2.51. The van der Waals surface area contributed by atoms with Crippen LogP contribution in [0, 0.1) is 0 Å². The summed E-state index contributed by atoms with van der Waals surface area (Å²) in [5.41, 5.74) is 3.88. The molecule has 0 atom stereocenters. The highest BCUT2D eigenvalue weighted by Gasteiger charge is 2.09. The van der Waals surface area contributed by atoms with Gasteiger partial charge in [-0.05, 0) is 30.4 Å². The molecule has 0 radical (unpaired) electrons. The number of ether oxygens (including phenoxy) is 1. The number of methoxy groups -OCH3 is 1. The minimum atomic E-state index is 0.767. The lowest BCUT2D eigenvalue weighted by Crippen LogP contribution is -2.08. The maximum atomic E-state index is 5.12. The smallest absolute Gasteiger partial charge is 0.207 e. The van der Waals surface area contributed by atoms with Gasteiger partial charge in [0.15, 0.2) is 0 Å². The van der Waals surface area contributed by atoms with Gasteiger partial charge in [0.2, 0.25) is 5.95 Å². The molecule has 1 aromatic heterocycles. The first-order valence-electron chi connectivity index (χ1n) is 7.68. The van der Waals surface area contributed by atoms with Crippen molar-refractivity contribution >= 4 is 11.6 Å². The highest BCUT2D eigenvalue weighted by Crippen LogP contribution is 2.25. The van der Waals surface area contributed by atoms with Crippen molar-refractivity contribution < 1.29 is 4.74 Å². The standard InChI is InChI=1S/C17H25N3O/c1-4-14-8-6-9-15(5-2)16(14)19-17-18-10-12-20(17)11-7-13-21-3/h6,8-10,12H,4-5,7,11,13H2,1-3H3,(H,18,19). The average Bonchev–Trinajstić information content (AvgIpc) is 2.95. The second kappa shape index (κ2) is 7.84. The fourth-order valence-corrected chi connectivity index (χ4v) is 2.51. The number of para-hydroxylation sites is 1. The van der Waals surface area contributed by atoms with Crippen molar-refractivity contribution in [1.29, 1.82) is 0 Å². The van der Waals surface area contributed by atoms with Crippen molar-refractivity contribution in [2.24, 2.45) is 0 Å². The number of rotatable bonds is 8. The predicted molar refractivity (Wildman–Crippen MR) is 87.2 cm³/mol. The van der Waals surface area contributed by atoms with E-state index in [1.165, 1.54) is 16.8 Å². The van der Waals surface area contributed by atoms with Gasteiger partial charge in [-0.25, -0.2) is 4.98 Å². The Balaban J connectivity index is 2.20. The Hall–Kier alpha value is -1.81. The lowest BCUT2D eigenvalue weighted by atomic mass is 10.0. The van der Waals surface area contributed by atoms with Crippen LogP contribution in [-0.2, 0) is 24.1 Å². The summed E-state index contributed by atoms with van der Waals surface area (Å²) in [5.74, 6) is 0.904. The largest absolute Gasteiger partial charge is 0.385 e. The van der Waals surface area contributed by atoms with E-state index in [9.17, 15) is 0 Å². The summed E-state index contributed by atoms with van der Waals surface area (Å²) < 4.78 is 7.26. The Labute approximate surface area is 127 Å². The van der Waals surface area contributed by atoms with Crippen LogP contribution >= 0.6 is 0 Å². The first-order chi connectivity index (χ1) is 10.3. The fraction of sp³-hybridized carbons (Fsp3) is 0.471. The highest BCUT2D eigenvalue weighted by molar-refractivity contribution is 5.63. The van der Waals surface area contributed by atoms with Crippen LogP contribution in [0.15, 0.2) is 30.6 Å². The molecule has 0 aliphatic rings. The second-order valence-corrected chi connectivity index (χ2v) is 5.07. The van der Waals surface area contributed by atoms with Crippen LogP contribution in [0.25, 0.3) is 0 Å². The summed E-state index contributed by atoms with van der Waals surface area (Å²) in [5, 5.41) is 3.53. The van der Waals surface area contributed by atoms with E-state index in [4.69, 9.17) is 4.74 Å². The van der Waals surface area contributed by atoms with Gasteiger partial charge < -0.3 is 14.6 Å². The van der Waals surface area contributed by atoms with Gasteiger partial charge in [-0.3, -0.25) is 0 Å². The number of nitrogens with one attached hydrogen (secondary N) is 1. The van der Waals surface area contributed by atoms with E-state index in [1.54, 1.807) is 7.11 Å². The average molecular weight is 287 g/mol. The van der Waals surface area contributed by atoms with E-state index in [0.29, 0.717) is 0 Å². The third-order valence-corrected chi connectivity index (χ3v) is 3.70. The van der Waals surface area contributed by atoms with Crippen LogP contribution in [0.1, 0.15) is 31.4 Å². The number of anilines is 2. The van der Waals surface area contributed by atoms with Crippen LogP contribution in [0.4, 0.5) is 11.6 Å². The topological polar surface area (TPSA) is 39.1 Å². The van der Waals surface area contributed by atoms with Gasteiger partial charge in [-0.1, -0.05) is 32.0 Å². The molecule has 0 amide bonds. The summed E-state index contributed by atoms with van der Waals surface area (Å²) in [7, 11) is 1.73. The van der Waals surface area contributed by atoms with Gasteiger partial charge in [-0.2, -0.15) is 0 Å². The van der Waals surface area contributed by atoms with Gasteiger partial charge in [0.1, 0.15) is 0 Å². The number of imidazole rings is 1. The van der Waals surface area contributed by atoms with Gasteiger partial charge in [0.05, 0.1) is 0 Å². The van der Waals surface area contributed by atoms with E-state index in [1.807, 2.05) is 12.4 Å². The third-order valence-electron chi connectivity index (χ3n) is 3.70. The van der Waals surface area contributed by atoms with Gasteiger partial charge in [-0.15, -0.1) is 0 Å². The third kappa shape index (κ3) is 3.85. The summed E-state index contributed by atoms with van der Waals surface area (Å²) in [6.45, 7) is 6.05. The molecule has 1 aromatic carbocycles. The van der Waals surface area contributed by atoms with Crippen molar-refractivity contribution in [2.45, 2.75) is 39.7 Å². The van der Waals surface area contributed by atoms with Crippen LogP contribution in [0.3, 0.4) is 0 Å². The first kappa shape index (κ1) is 15.6. The normalized spacial score (nSPS) is 10.8. The number of hydrogen-bond donors (Lipinski definition) is 1. The lowest BCUT2D eigenvalue weighted by molar-refractivity contribution is 0.190. The molecule has 2 rings (SSSR count). The number of aryl methyl sites for hydroxylation is 3. The zero-order valence-corrected chi connectivity index (χ0v) is 13.2. The molecule has 0 spiro atoms. The van der Waals surface area contributed by atoms with E-state index in [0.717, 1.165) is 38.4 Å². The Kier molecular flexibility index (Phi) is 5.81. The minimum absolute atomic E-state index is 0.767. The summed E-state index contributed by atoms with van der Waals surface area (Å²) >= 11 is 0. The molecule has 0 unspecified atom stereocenters. The molecule has 1 N–H and O–H groups in total. The number of aromatic nitrogens is 2. The maximum absolute atomic E-state index is 5.12. The molecule has 4 nitrogen and oxygen atoms in total. The molecular weight excluding hydrogens is 262 g/mol. The number of benzene rings is 1. The first-order valence-corrected chi connectivity index (χ1v) is 7.68. The van der Waals surface area contributed by atoms with Crippen molar-refractivity contribution in [3.8, 4) is 0 Å². The molecule has 21 heavy (non-hydrogen) atoms. The Morgan fingerprint density at radius 3 is 2.52 bits per heavy atom.